The van der Waals surface area contributed by atoms with Gasteiger partial charge < -0.3 is 24.8 Å². The Hall–Kier alpha value is -4.25. The van der Waals surface area contributed by atoms with Gasteiger partial charge in [-0.3, -0.25) is 4.79 Å². The van der Waals surface area contributed by atoms with Crippen molar-refractivity contribution in [2.45, 2.75) is 123 Å². The van der Waals surface area contributed by atoms with Gasteiger partial charge >= 0.3 is 12.2 Å². The van der Waals surface area contributed by atoms with Crippen LogP contribution >= 0.6 is 0 Å². The zero-order valence-corrected chi connectivity index (χ0v) is 28.3. The Morgan fingerprint density at radius 1 is 0.809 bits per heavy atom. The van der Waals surface area contributed by atoms with Gasteiger partial charge in [0.2, 0.25) is 0 Å². The molecule has 3 aromatic rings. The lowest BCUT2D eigenvalue weighted by Gasteiger charge is -2.24. The molecule has 0 spiro atoms. The normalized spacial score (nSPS) is 19.5. The molecule has 0 aliphatic heterocycles. The standard InChI is InChI=1S/C36H47N5O6/c1-35(2,3)46-33(43)37-27-18-30(38-34(44)47-36(4,5)6)32(19-27)45-22-28-20-41(40-39-28)21-31(42)29-17-25-12-11-23-7-9-24(10-8-23)13-15-26(29)16-14-25/h7-10,14,16-17,20,27,30,32H,11-13,15,18-19,21-22H2,1-6H3,(H,37,43)(H,38,44)/t27-,30+,32+/m1/s1. The number of aromatic nitrogens is 3. The third-order valence-electron chi connectivity index (χ3n) is 8.15. The van der Waals surface area contributed by atoms with E-state index in [0.29, 0.717) is 18.5 Å². The van der Waals surface area contributed by atoms with Crippen molar-refractivity contribution in [1.29, 1.82) is 0 Å². The van der Waals surface area contributed by atoms with E-state index in [0.717, 1.165) is 42.4 Å². The number of amides is 2. The third-order valence-corrected chi connectivity index (χ3v) is 8.15. The quantitative estimate of drug-likeness (QED) is 0.307. The van der Waals surface area contributed by atoms with E-state index in [4.69, 9.17) is 14.2 Å². The average Bonchev–Trinajstić information content (AvgIpc) is 3.56. The second kappa shape index (κ2) is 14.3. The fraction of sp³-hybridized carbons (Fsp3) is 0.528. The van der Waals surface area contributed by atoms with Crippen molar-refractivity contribution in [3.05, 3.63) is 82.2 Å². The molecule has 2 amide bonds. The van der Waals surface area contributed by atoms with E-state index in [1.807, 2.05) is 6.07 Å². The number of nitrogens with zero attached hydrogens (tertiary/aromatic N) is 3. The number of aryl methyl sites for hydroxylation is 4. The lowest BCUT2D eigenvalue weighted by molar-refractivity contribution is 0.0144. The number of carbonyl (C=O) groups is 3. The Bertz CT molecular complexity index is 1570. The molecule has 5 aliphatic rings. The van der Waals surface area contributed by atoms with Crippen molar-refractivity contribution in [3.8, 4) is 0 Å². The van der Waals surface area contributed by atoms with Gasteiger partial charge in [-0.05, 0) is 108 Å². The number of nitrogens with one attached hydrogen (secondary N) is 2. The molecule has 2 aromatic carbocycles. The molecule has 1 heterocycles. The monoisotopic (exact) mass is 645 g/mol. The van der Waals surface area contributed by atoms with Crippen LogP contribution in [0.1, 0.15) is 92.7 Å². The lowest BCUT2D eigenvalue weighted by atomic mass is 9.92. The Kier molecular flexibility index (Phi) is 10.3. The van der Waals surface area contributed by atoms with Gasteiger partial charge in [0, 0.05) is 11.6 Å². The van der Waals surface area contributed by atoms with Crippen molar-refractivity contribution in [1.82, 2.24) is 25.6 Å². The molecule has 0 saturated heterocycles. The minimum absolute atomic E-state index is 0.0151. The van der Waals surface area contributed by atoms with Gasteiger partial charge in [0.05, 0.1) is 24.9 Å². The molecule has 11 nitrogen and oxygen atoms in total. The maximum absolute atomic E-state index is 13.6. The first-order chi connectivity index (χ1) is 22.2. The number of alkyl carbamates (subject to hydrolysis) is 2. The van der Waals surface area contributed by atoms with Gasteiger partial charge in [0.15, 0.2) is 5.78 Å². The second-order valence-electron chi connectivity index (χ2n) is 14.6. The van der Waals surface area contributed by atoms with Crippen LogP contribution in [0.15, 0.2) is 48.7 Å². The molecule has 2 N–H and O–H groups in total. The summed E-state index contributed by atoms with van der Waals surface area (Å²) in [6.45, 7) is 11.0. The molecule has 252 valence electrons. The highest BCUT2D eigenvalue weighted by Gasteiger charge is 2.38. The zero-order chi connectivity index (χ0) is 33.8. The summed E-state index contributed by atoms with van der Waals surface area (Å²) in [5, 5.41) is 14.2. The number of carbonyl (C=O) groups excluding carboxylic acids is 3. The topological polar surface area (TPSA) is 134 Å². The van der Waals surface area contributed by atoms with Gasteiger partial charge in [-0.25, -0.2) is 14.3 Å². The summed E-state index contributed by atoms with van der Waals surface area (Å²) in [7, 11) is 0. The van der Waals surface area contributed by atoms with E-state index >= 15 is 0 Å². The molecular formula is C36H47N5O6. The number of rotatable bonds is 8. The Morgan fingerprint density at radius 3 is 2.06 bits per heavy atom. The molecule has 4 bridgehead atoms. The Morgan fingerprint density at radius 2 is 1.40 bits per heavy atom. The molecular weight excluding hydrogens is 598 g/mol. The fourth-order valence-corrected chi connectivity index (χ4v) is 5.99. The summed E-state index contributed by atoms with van der Waals surface area (Å²) >= 11 is 0. The third kappa shape index (κ3) is 10.1. The summed E-state index contributed by atoms with van der Waals surface area (Å²) in [4.78, 5) is 38.6. The van der Waals surface area contributed by atoms with Crippen LogP contribution in [0.25, 0.3) is 0 Å². The largest absolute Gasteiger partial charge is 0.444 e. The summed E-state index contributed by atoms with van der Waals surface area (Å²) in [5.74, 6) is -0.0151. The van der Waals surface area contributed by atoms with E-state index in [1.165, 1.54) is 15.8 Å². The molecule has 1 aromatic heterocycles. The van der Waals surface area contributed by atoms with Gasteiger partial charge in [-0.1, -0.05) is 41.6 Å². The van der Waals surface area contributed by atoms with Crippen molar-refractivity contribution in [2.75, 3.05) is 0 Å². The van der Waals surface area contributed by atoms with Crippen molar-refractivity contribution in [3.63, 3.8) is 0 Å². The number of hydrogen-bond acceptors (Lipinski definition) is 8. The predicted molar refractivity (Wildman–Crippen MR) is 176 cm³/mol. The van der Waals surface area contributed by atoms with Crippen LogP contribution in [0.5, 0.6) is 0 Å². The van der Waals surface area contributed by atoms with Gasteiger partial charge in [0.25, 0.3) is 0 Å². The summed E-state index contributed by atoms with van der Waals surface area (Å²) in [6, 6.07) is 14.3. The average molecular weight is 646 g/mol. The molecule has 0 unspecified atom stereocenters. The van der Waals surface area contributed by atoms with Crippen molar-refractivity contribution >= 4 is 18.0 Å². The van der Waals surface area contributed by atoms with Crippen LogP contribution in [-0.2, 0) is 53.0 Å². The van der Waals surface area contributed by atoms with Crippen molar-refractivity contribution in [2.24, 2.45) is 0 Å². The summed E-state index contributed by atoms with van der Waals surface area (Å²) in [6.07, 6.45) is 4.53. The fourth-order valence-electron chi connectivity index (χ4n) is 5.99. The van der Waals surface area contributed by atoms with E-state index in [2.05, 4.69) is 57.3 Å². The smallest absolute Gasteiger partial charge is 0.407 e. The highest BCUT2D eigenvalue weighted by molar-refractivity contribution is 5.97. The summed E-state index contributed by atoms with van der Waals surface area (Å²) < 4.78 is 18.6. The first-order valence-corrected chi connectivity index (χ1v) is 16.4. The van der Waals surface area contributed by atoms with E-state index in [1.54, 1.807) is 47.7 Å². The minimum atomic E-state index is -0.661. The molecule has 47 heavy (non-hydrogen) atoms. The number of hydrogen-bond donors (Lipinski definition) is 2. The maximum Gasteiger partial charge on any atom is 0.407 e. The van der Waals surface area contributed by atoms with Gasteiger partial charge in [-0.2, -0.15) is 0 Å². The highest BCUT2D eigenvalue weighted by atomic mass is 16.6. The second-order valence-corrected chi connectivity index (χ2v) is 14.6. The van der Waals surface area contributed by atoms with Gasteiger partial charge in [0.1, 0.15) is 23.4 Å². The van der Waals surface area contributed by atoms with E-state index in [-0.39, 0.29) is 25.0 Å². The molecule has 3 atom stereocenters. The number of ether oxygens (including phenoxy) is 3. The maximum atomic E-state index is 13.6. The molecule has 1 fully saturated rings. The van der Waals surface area contributed by atoms with Crippen LogP contribution in [0, 0.1) is 0 Å². The van der Waals surface area contributed by atoms with Crippen LogP contribution in [0.4, 0.5) is 9.59 Å². The van der Waals surface area contributed by atoms with E-state index < -0.39 is 35.5 Å². The lowest BCUT2D eigenvalue weighted by Crippen LogP contribution is -2.44. The van der Waals surface area contributed by atoms with Crippen LogP contribution in [0.3, 0.4) is 0 Å². The number of benzene rings is 2. The Labute approximate surface area is 276 Å². The molecule has 0 radical (unpaired) electrons. The number of ketones is 1. The van der Waals surface area contributed by atoms with Crippen LogP contribution < -0.4 is 10.6 Å². The predicted octanol–water partition coefficient (Wildman–Crippen LogP) is 5.51. The highest BCUT2D eigenvalue weighted by Crippen LogP contribution is 2.26. The minimum Gasteiger partial charge on any atom is -0.444 e. The molecule has 5 aliphatic carbocycles. The SMILES string of the molecule is CC(C)(C)OC(=O)N[C@@H]1C[C@H](NC(=O)OC(C)(C)C)[C@@H](OCc2cn(CC(=O)c3cc4ccc3CCc3ccc(cc3)CC4)nn2)C1. The number of Topliss-reactive ketones (excluding diaryl/α,β-unsaturated/α-hetero) is 1. The summed E-state index contributed by atoms with van der Waals surface area (Å²) in [5.41, 5.74) is 4.72. The van der Waals surface area contributed by atoms with E-state index in [9.17, 15) is 14.4 Å². The molecule has 1 saturated carbocycles. The zero-order valence-electron chi connectivity index (χ0n) is 28.3. The first-order valence-electron chi connectivity index (χ1n) is 16.4. The van der Waals surface area contributed by atoms with Crippen LogP contribution in [-0.4, -0.2) is 62.4 Å². The molecule has 11 heteroatoms. The van der Waals surface area contributed by atoms with Crippen LogP contribution in [0.2, 0.25) is 0 Å². The van der Waals surface area contributed by atoms with Crippen molar-refractivity contribution < 1.29 is 28.6 Å². The first kappa shape index (κ1) is 34.1. The van der Waals surface area contributed by atoms with Gasteiger partial charge in [-0.15, -0.1) is 5.10 Å². The molecule has 8 rings (SSSR count). The Balaban J connectivity index is 1.21.